The molecule has 4 nitrogen and oxygen atoms in total. The van der Waals surface area contributed by atoms with Crippen molar-refractivity contribution in [1.82, 2.24) is 5.32 Å². The molecule has 0 fully saturated rings. The number of para-hydroxylation sites is 1. The second-order valence-electron chi connectivity index (χ2n) is 3.86. The summed E-state index contributed by atoms with van der Waals surface area (Å²) in [7, 11) is -0.834. The number of carbonyl (C=O) groups excluding carboxylic acids is 1. The molecule has 1 rings (SSSR count). The second-order valence-corrected chi connectivity index (χ2v) is 5.41. The minimum atomic E-state index is -0.834. The first-order valence-corrected chi connectivity index (χ1v) is 7.12. The molecule has 5 heteroatoms. The fraction of sp³-hybridized carbons (Fsp3) is 0.417. The maximum Gasteiger partial charge on any atom is 0.255 e. The summed E-state index contributed by atoms with van der Waals surface area (Å²) in [5, 5.41) is 12.4. The van der Waals surface area contributed by atoms with Gasteiger partial charge in [-0.2, -0.15) is 0 Å². The van der Waals surface area contributed by atoms with Crippen molar-refractivity contribution in [3.63, 3.8) is 0 Å². The number of amides is 1. The van der Waals surface area contributed by atoms with Crippen LogP contribution in [-0.2, 0) is 10.8 Å². The van der Waals surface area contributed by atoms with Crippen LogP contribution in [0.5, 0.6) is 5.75 Å². The predicted molar refractivity (Wildman–Crippen MR) is 68.7 cm³/mol. The summed E-state index contributed by atoms with van der Waals surface area (Å²) in [6.07, 6.45) is 2.30. The van der Waals surface area contributed by atoms with E-state index >= 15 is 0 Å². The van der Waals surface area contributed by atoms with Gasteiger partial charge in [0.05, 0.1) is 5.56 Å². The Bertz CT molecular complexity index is 432. The number of nitrogens with one attached hydrogen (secondary N) is 1. The zero-order valence-corrected chi connectivity index (χ0v) is 10.8. The molecule has 2 N–H and O–H groups in total. The molecule has 0 aliphatic heterocycles. The molecular formula is C12H17NO3S. The van der Waals surface area contributed by atoms with Gasteiger partial charge in [-0.3, -0.25) is 9.00 Å². The van der Waals surface area contributed by atoms with Gasteiger partial charge in [0.25, 0.3) is 5.91 Å². The van der Waals surface area contributed by atoms with E-state index in [0.717, 1.165) is 0 Å². The van der Waals surface area contributed by atoms with Gasteiger partial charge in [0.1, 0.15) is 5.75 Å². The summed E-state index contributed by atoms with van der Waals surface area (Å²) < 4.78 is 10.8. The van der Waals surface area contributed by atoms with Crippen LogP contribution >= 0.6 is 0 Å². The van der Waals surface area contributed by atoms with E-state index in [0.29, 0.717) is 24.3 Å². The number of carbonyl (C=O) groups is 1. The minimum Gasteiger partial charge on any atom is -0.507 e. The zero-order chi connectivity index (χ0) is 12.8. The summed E-state index contributed by atoms with van der Waals surface area (Å²) in [5.41, 5.74) is 0.954. The molecule has 1 atom stereocenters. The Morgan fingerprint density at radius 2 is 2.18 bits per heavy atom. The Labute approximate surface area is 104 Å². The van der Waals surface area contributed by atoms with E-state index in [1.54, 1.807) is 31.4 Å². The van der Waals surface area contributed by atoms with Gasteiger partial charge in [0, 0.05) is 29.4 Å². The van der Waals surface area contributed by atoms with E-state index in [-0.39, 0.29) is 17.2 Å². The largest absolute Gasteiger partial charge is 0.507 e. The normalized spacial score (nSPS) is 12.1. The molecule has 94 valence electrons. The molecule has 0 saturated heterocycles. The quantitative estimate of drug-likeness (QED) is 0.777. The van der Waals surface area contributed by atoms with Crippen molar-refractivity contribution >= 4 is 16.7 Å². The molecule has 1 amide bonds. The topological polar surface area (TPSA) is 66.4 Å². The fourth-order valence-corrected chi connectivity index (χ4v) is 1.97. The number of aryl methyl sites for hydroxylation is 1. The molecule has 1 unspecified atom stereocenters. The lowest BCUT2D eigenvalue weighted by molar-refractivity contribution is 0.0951. The van der Waals surface area contributed by atoms with E-state index in [1.807, 2.05) is 0 Å². The van der Waals surface area contributed by atoms with Gasteiger partial charge >= 0.3 is 0 Å². The molecule has 0 aliphatic rings. The molecule has 0 aromatic heterocycles. The third-order valence-corrected chi connectivity index (χ3v) is 3.24. The van der Waals surface area contributed by atoms with Gasteiger partial charge in [-0.25, -0.2) is 0 Å². The van der Waals surface area contributed by atoms with Gasteiger partial charge < -0.3 is 10.4 Å². The first-order valence-electron chi connectivity index (χ1n) is 5.39. The summed E-state index contributed by atoms with van der Waals surface area (Å²) >= 11 is 0. The van der Waals surface area contributed by atoms with Crippen LogP contribution in [0, 0.1) is 6.92 Å². The van der Waals surface area contributed by atoms with Crippen molar-refractivity contribution in [2.75, 3.05) is 18.6 Å². The molecule has 17 heavy (non-hydrogen) atoms. The first-order chi connectivity index (χ1) is 8.02. The van der Waals surface area contributed by atoms with Crippen LogP contribution in [0.1, 0.15) is 22.3 Å². The minimum absolute atomic E-state index is 0.0177. The van der Waals surface area contributed by atoms with E-state index < -0.39 is 10.8 Å². The molecule has 1 aromatic rings. The van der Waals surface area contributed by atoms with Crippen LogP contribution in [0.3, 0.4) is 0 Å². The molecule has 0 heterocycles. The monoisotopic (exact) mass is 255 g/mol. The summed E-state index contributed by atoms with van der Waals surface area (Å²) in [5.74, 6) is 0.289. The SMILES string of the molecule is Cc1cccc(C(=O)NCCCS(C)=O)c1O. The van der Waals surface area contributed by atoms with E-state index in [9.17, 15) is 14.1 Å². The lowest BCUT2D eigenvalue weighted by Gasteiger charge is -2.07. The van der Waals surface area contributed by atoms with E-state index in [1.165, 1.54) is 0 Å². The van der Waals surface area contributed by atoms with Crippen LogP contribution < -0.4 is 5.32 Å². The van der Waals surface area contributed by atoms with Gasteiger partial charge in [0.15, 0.2) is 0 Å². The Balaban J connectivity index is 2.53. The van der Waals surface area contributed by atoms with Gasteiger partial charge in [0.2, 0.25) is 0 Å². The van der Waals surface area contributed by atoms with Crippen LogP contribution in [0.15, 0.2) is 18.2 Å². The van der Waals surface area contributed by atoms with Crippen LogP contribution in [0.2, 0.25) is 0 Å². The molecule has 0 radical (unpaired) electrons. The molecule has 0 saturated carbocycles. The van der Waals surface area contributed by atoms with Crippen molar-refractivity contribution in [1.29, 1.82) is 0 Å². The Morgan fingerprint density at radius 3 is 2.82 bits per heavy atom. The molecule has 0 aliphatic carbocycles. The molecule has 0 bridgehead atoms. The molecule has 0 spiro atoms. The highest BCUT2D eigenvalue weighted by molar-refractivity contribution is 7.84. The Hall–Kier alpha value is -1.36. The maximum absolute atomic E-state index is 11.7. The average molecular weight is 255 g/mol. The van der Waals surface area contributed by atoms with Crippen molar-refractivity contribution < 1.29 is 14.1 Å². The van der Waals surface area contributed by atoms with E-state index in [4.69, 9.17) is 0 Å². The molecular weight excluding hydrogens is 238 g/mol. The number of phenolic OH excluding ortho intramolecular Hbond substituents is 1. The number of hydrogen-bond donors (Lipinski definition) is 2. The average Bonchev–Trinajstić information content (AvgIpc) is 2.27. The van der Waals surface area contributed by atoms with Crippen LogP contribution in [0.4, 0.5) is 0 Å². The van der Waals surface area contributed by atoms with E-state index in [2.05, 4.69) is 5.32 Å². The predicted octanol–water partition coefficient (Wildman–Crippen LogP) is 1.20. The number of phenols is 1. The fourth-order valence-electron chi connectivity index (χ4n) is 1.41. The third-order valence-electron chi connectivity index (χ3n) is 2.38. The smallest absolute Gasteiger partial charge is 0.255 e. The lowest BCUT2D eigenvalue weighted by atomic mass is 10.1. The standard InChI is InChI=1S/C12H17NO3S/c1-9-5-3-6-10(11(9)14)12(15)13-7-4-8-17(2)16/h3,5-6,14H,4,7-8H2,1-2H3,(H,13,15). The second kappa shape index (κ2) is 6.39. The van der Waals surface area contributed by atoms with Gasteiger partial charge in [-0.1, -0.05) is 12.1 Å². The number of hydrogen-bond acceptors (Lipinski definition) is 3. The number of rotatable bonds is 5. The maximum atomic E-state index is 11.7. The first kappa shape index (κ1) is 13.7. The zero-order valence-electron chi connectivity index (χ0n) is 10.0. The highest BCUT2D eigenvalue weighted by Gasteiger charge is 2.11. The number of benzene rings is 1. The van der Waals surface area contributed by atoms with Crippen molar-refractivity contribution in [2.24, 2.45) is 0 Å². The van der Waals surface area contributed by atoms with Gasteiger partial charge in [-0.15, -0.1) is 0 Å². The molecule has 1 aromatic carbocycles. The Kier molecular flexibility index (Phi) is 5.15. The third kappa shape index (κ3) is 4.19. The highest BCUT2D eigenvalue weighted by Crippen LogP contribution is 2.20. The number of aromatic hydroxyl groups is 1. The highest BCUT2D eigenvalue weighted by atomic mass is 32.2. The van der Waals surface area contributed by atoms with Crippen molar-refractivity contribution in [2.45, 2.75) is 13.3 Å². The van der Waals surface area contributed by atoms with Crippen LogP contribution in [0.25, 0.3) is 0 Å². The van der Waals surface area contributed by atoms with Crippen molar-refractivity contribution in [3.05, 3.63) is 29.3 Å². The lowest BCUT2D eigenvalue weighted by Crippen LogP contribution is -2.25. The summed E-state index contributed by atoms with van der Waals surface area (Å²) in [6, 6.07) is 5.05. The Morgan fingerprint density at radius 1 is 1.47 bits per heavy atom. The summed E-state index contributed by atoms with van der Waals surface area (Å²) in [6.45, 7) is 2.21. The van der Waals surface area contributed by atoms with Crippen LogP contribution in [-0.4, -0.2) is 33.8 Å². The van der Waals surface area contributed by atoms with Crippen molar-refractivity contribution in [3.8, 4) is 5.75 Å². The van der Waals surface area contributed by atoms with Gasteiger partial charge in [-0.05, 0) is 25.0 Å². The summed E-state index contributed by atoms with van der Waals surface area (Å²) in [4.78, 5) is 11.7.